The first-order chi connectivity index (χ1) is 6.79. The lowest BCUT2D eigenvalue weighted by Crippen LogP contribution is -1.91. The van der Waals surface area contributed by atoms with E-state index in [1.165, 1.54) is 11.1 Å². The lowest BCUT2D eigenvalue weighted by molar-refractivity contribution is 0.660. The molecule has 1 heterocycles. The molecule has 0 bridgehead atoms. The van der Waals surface area contributed by atoms with Crippen LogP contribution in [0.4, 0.5) is 0 Å². The molecule has 0 aliphatic carbocycles. The standard InChI is InChI=1S/C11H11BrN2/c1-2-14-8-10(7-13-14)9-3-5-11(12)6-4-9/h3-8H,2H2,1H3. The summed E-state index contributed by atoms with van der Waals surface area (Å²) in [5.41, 5.74) is 2.37. The molecule has 0 unspecified atom stereocenters. The molecule has 3 heteroatoms. The fourth-order valence-electron chi connectivity index (χ4n) is 1.33. The van der Waals surface area contributed by atoms with Crippen molar-refractivity contribution in [3.63, 3.8) is 0 Å². The summed E-state index contributed by atoms with van der Waals surface area (Å²) in [7, 11) is 0. The van der Waals surface area contributed by atoms with Gasteiger partial charge < -0.3 is 0 Å². The maximum absolute atomic E-state index is 4.24. The maximum Gasteiger partial charge on any atom is 0.0568 e. The first-order valence-corrected chi connectivity index (χ1v) is 5.37. The van der Waals surface area contributed by atoms with Gasteiger partial charge in [0, 0.05) is 22.8 Å². The maximum atomic E-state index is 4.24. The third kappa shape index (κ3) is 1.87. The zero-order chi connectivity index (χ0) is 9.97. The monoisotopic (exact) mass is 250 g/mol. The van der Waals surface area contributed by atoms with Gasteiger partial charge in [-0.05, 0) is 24.6 Å². The molecule has 0 aliphatic heterocycles. The Hall–Kier alpha value is -1.09. The van der Waals surface area contributed by atoms with Crippen molar-refractivity contribution in [2.24, 2.45) is 0 Å². The molecule has 2 aromatic rings. The van der Waals surface area contributed by atoms with Crippen molar-refractivity contribution in [1.29, 1.82) is 0 Å². The molecular weight excluding hydrogens is 240 g/mol. The molecule has 14 heavy (non-hydrogen) atoms. The second-order valence-corrected chi connectivity index (χ2v) is 4.01. The molecule has 1 aromatic carbocycles. The fourth-order valence-corrected chi connectivity index (χ4v) is 1.59. The summed E-state index contributed by atoms with van der Waals surface area (Å²) >= 11 is 3.42. The van der Waals surface area contributed by atoms with Crippen LogP contribution in [0, 0.1) is 0 Å². The SMILES string of the molecule is CCn1cc(-c2ccc(Br)cc2)cn1. The number of hydrogen-bond donors (Lipinski definition) is 0. The smallest absolute Gasteiger partial charge is 0.0568 e. The summed E-state index contributed by atoms with van der Waals surface area (Å²) in [6.07, 6.45) is 3.95. The van der Waals surface area contributed by atoms with Gasteiger partial charge in [-0.25, -0.2) is 0 Å². The van der Waals surface area contributed by atoms with Crippen LogP contribution < -0.4 is 0 Å². The third-order valence-corrected chi connectivity index (χ3v) is 2.66. The Morgan fingerprint density at radius 3 is 2.50 bits per heavy atom. The average molecular weight is 251 g/mol. The second kappa shape index (κ2) is 3.96. The van der Waals surface area contributed by atoms with E-state index in [9.17, 15) is 0 Å². The first kappa shape index (κ1) is 9.46. The number of nitrogens with zero attached hydrogens (tertiary/aromatic N) is 2. The summed E-state index contributed by atoms with van der Waals surface area (Å²) in [5.74, 6) is 0. The zero-order valence-electron chi connectivity index (χ0n) is 7.94. The quantitative estimate of drug-likeness (QED) is 0.800. The van der Waals surface area contributed by atoms with Gasteiger partial charge in [0.1, 0.15) is 0 Å². The van der Waals surface area contributed by atoms with Gasteiger partial charge >= 0.3 is 0 Å². The second-order valence-electron chi connectivity index (χ2n) is 3.09. The van der Waals surface area contributed by atoms with E-state index in [4.69, 9.17) is 0 Å². The highest BCUT2D eigenvalue weighted by atomic mass is 79.9. The zero-order valence-corrected chi connectivity index (χ0v) is 9.53. The van der Waals surface area contributed by atoms with Crippen LogP contribution in [0.15, 0.2) is 41.1 Å². The van der Waals surface area contributed by atoms with Crippen LogP contribution in [0.2, 0.25) is 0 Å². The Morgan fingerprint density at radius 2 is 1.93 bits per heavy atom. The van der Waals surface area contributed by atoms with Gasteiger partial charge in [0.05, 0.1) is 6.20 Å². The highest BCUT2D eigenvalue weighted by Gasteiger charge is 1.99. The van der Waals surface area contributed by atoms with Crippen LogP contribution >= 0.6 is 15.9 Å². The van der Waals surface area contributed by atoms with E-state index in [1.807, 2.05) is 23.0 Å². The van der Waals surface area contributed by atoms with Crippen molar-refractivity contribution in [2.45, 2.75) is 13.5 Å². The van der Waals surface area contributed by atoms with E-state index >= 15 is 0 Å². The van der Waals surface area contributed by atoms with Crippen molar-refractivity contribution in [3.8, 4) is 11.1 Å². The van der Waals surface area contributed by atoms with Gasteiger partial charge in [-0.2, -0.15) is 5.10 Å². The predicted molar refractivity (Wildman–Crippen MR) is 61.0 cm³/mol. The molecule has 0 radical (unpaired) electrons. The van der Waals surface area contributed by atoms with Gasteiger partial charge in [0.25, 0.3) is 0 Å². The van der Waals surface area contributed by atoms with Gasteiger partial charge in [0.15, 0.2) is 0 Å². The average Bonchev–Trinajstić information content (AvgIpc) is 2.67. The molecule has 0 saturated carbocycles. The highest BCUT2D eigenvalue weighted by molar-refractivity contribution is 9.10. The third-order valence-electron chi connectivity index (χ3n) is 2.13. The van der Waals surface area contributed by atoms with Gasteiger partial charge in [-0.3, -0.25) is 4.68 Å². The summed E-state index contributed by atoms with van der Waals surface area (Å²) in [5, 5.41) is 4.24. The van der Waals surface area contributed by atoms with E-state index in [0.29, 0.717) is 0 Å². The van der Waals surface area contributed by atoms with Crippen LogP contribution in [0.3, 0.4) is 0 Å². The summed E-state index contributed by atoms with van der Waals surface area (Å²) in [6, 6.07) is 8.25. The minimum Gasteiger partial charge on any atom is -0.272 e. The Balaban J connectivity index is 2.34. The molecule has 1 aromatic heterocycles. The lowest BCUT2D eigenvalue weighted by atomic mass is 10.1. The molecule has 0 atom stereocenters. The molecule has 0 spiro atoms. The molecule has 72 valence electrons. The van der Waals surface area contributed by atoms with Gasteiger partial charge in [0.2, 0.25) is 0 Å². The van der Waals surface area contributed by atoms with Crippen LogP contribution in [-0.4, -0.2) is 9.78 Å². The Bertz CT molecular complexity index is 417. The lowest BCUT2D eigenvalue weighted by Gasteiger charge is -1.96. The van der Waals surface area contributed by atoms with Crippen molar-refractivity contribution < 1.29 is 0 Å². The van der Waals surface area contributed by atoms with Crippen LogP contribution in [0.1, 0.15) is 6.92 Å². The van der Waals surface area contributed by atoms with Crippen LogP contribution in [0.25, 0.3) is 11.1 Å². The molecular formula is C11H11BrN2. The van der Waals surface area contributed by atoms with E-state index < -0.39 is 0 Å². The van der Waals surface area contributed by atoms with Crippen molar-refractivity contribution >= 4 is 15.9 Å². The molecule has 0 amide bonds. The highest BCUT2D eigenvalue weighted by Crippen LogP contribution is 2.20. The minimum absolute atomic E-state index is 0.913. The normalized spacial score (nSPS) is 10.4. The molecule has 0 aliphatic rings. The summed E-state index contributed by atoms with van der Waals surface area (Å²) in [4.78, 5) is 0. The molecule has 0 saturated heterocycles. The Kier molecular flexibility index (Phi) is 2.68. The summed E-state index contributed by atoms with van der Waals surface area (Å²) in [6.45, 7) is 2.99. The number of halogens is 1. The van der Waals surface area contributed by atoms with E-state index in [0.717, 1.165) is 11.0 Å². The van der Waals surface area contributed by atoms with Crippen molar-refractivity contribution in [3.05, 3.63) is 41.1 Å². The van der Waals surface area contributed by atoms with Gasteiger partial charge in [-0.1, -0.05) is 28.1 Å². The minimum atomic E-state index is 0.913. The van der Waals surface area contributed by atoms with E-state index in [2.05, 4.69) is 46.3 Å². The Labute approximate surface area is 91.7 Å². The molecule has 2 rings (SSSR count). The number of hydrogen-bond acceptors (Lipinski definition) is 1. The summed E-state index contributed by atoms with van der Waals surface area (Å²) < 4.78 is 3.03. The molecule has 0 fully saturated rings. The molecule has 2 nitrogen and oxygen atoms in total. The van der Waals surface area contributed by atoms with Crippen LogP contribution in [-0.2, 0) is 6.54 Å². The Morgan fingerprint density at radius 1 is 1.21 bits per heavy atom. The van der Waals surface area contributed by atoms with Gasteiger partial charge in [-0.15, -0.1) is 0 Å². The fraction of sp³-hybridized carbons (Fsp3) is 0.182. The number of aromatic nitrogens is 2. The van der Waals surface area contributed by atoms with Crippen molar-refractivity contribution in [2.75, 3.05) is 0 Å². The molecule has 0 N–H and O–H groups in total. The number of aryl methyl sites for hydroxylation is 1. The number of rotatable bonds is 2. The van der Waals surface area contributed by atoms with Crippen molar-refractivity contribution in [1.82, 2.24) is 9.78 Å². The first-order valence-electron chi connectivity index (χ1n) is 4.58. The number of benzene rings is 1. The topological polar surface area (TPSA) is 17.8 Å². The van der Waals surface area contributed by atoms with Crippen LogP contribution in [0.5, 0.6) is 0 Å². The van der Waals surface area contributed by atoms with E-state index in [1.54, 1.807) is 0 Å². The predicted octanol–water partition coefficient (Wildman–Crippen LogP) is 3.33. The van der Waals surface area contributed by atoms with E-state index in [-0.39, 0.29) is 0 Å². The largest absolute Gasteiger partial charge is 0.272 e.